The summed E-state index contributed by atoms with van der Waals surface area (Å²) in [5.41, 5.74) is 3.68. The van der Waals surface area contributed by atoms with Crippen LogP contribution in [-0.4, -0.2) is 47.9 Å². The van der Waals surface area contributed by atoms with Crippen molar-refractivity contribution in [3.05, 3.63) is 41.2 Å². The SMILES string of the molecule is Cn1nc(-c2cnc3[nH]cc(C(=O)N[C@H]4CC[C@@H](O)CC4)c3n2)c2ccc(Cl)cc21. The second-order valence-electron chi connectivity index (χ2n) is 7.77. The number of benzene rings is 1. The van der Waals surface area contributed by atoms with Crippen LogP contribution in [0.1, 0.15) is 36.0 Å². The van der Waals surface area contributed by atoms with Gasteiger partial charge < -0.3 is 15.4 Å². The first-order valence-electron chi connectivity index (χ1n) is 9.95. The molecule has 0 bridgehead atoms. The molecule has 9 heteroatoms. The fourth-order valence-corrected chi connectivity index (χ4v) is 4.25. The predicted octanol–water partition coefficient (Wildman–Crippen LogP) is 3.20. The lowest BCUT2D eigenvalue weighted by atomic mass is 9.93. The first-order chi connectivity index (χ1) is 14.5. The van der Waals surface area contributed by atoms with Crippen LogP contribution >= 0.6 is 11.6 Å². The molecule has 3 N–H and O–H groups in total. The quantitative estimate of drug-likeness (QED) is 0.468. The molecule has 4 aromatic rings. The van der Waals surface area contributed by atoms with E-state index in [1.54, 1.807) is 17.1 Å². The highest BCUT2D eigenvalue weighted by Gasteiger charge is 2.23. The van der Waals surface area contributed by atoms with Gasteiger partial charge in [0.1, 0.15) is 16.9 Å². The van der Waals surface area contributed by atoms with Crippen molar-refractivity contribution in [2.24, 2.45) is 7.05 Å². The Bertz CT molecular complexity index is 1260. The van der Waals surface area contributed by atoms with Gasteiger partial charge in [0.05, 0.1) is 23.4 Å². The Morgan fingerprint density at radius 1 is 1.30 bits per heavy atom. The normalized spacial score (nSPS) is 19.4. The highest BCUT2D eigenvalue weighted by atomic mass is 35.5. The van der Waals surface area contributed by atoms with Gasteiger partial charge in [0.25, 0.3) is 5.91 Å². The number of carbonyl (C=O) groups is 1. The molecule has 8 nitrogen and oxygen atoms in total. The third-order valence-corrected chi connectivity index (χ3v) is 5.95. The van der Waals surface area contributed by atoms with Crippen LogP contribution in [0.5, 0.6) is 0 Å². The lowest BCUT2D eigenvalue weighted by Crippen LogP contribution is -2.38. The van der Waals surface area contributed by atoms with E-state index in [9.17, 15) is 9.90 Å². The molecule has 0 aliphatic heterocycles. The molecule has 0 spiro atoms. The monoisotopic (exact) mass is 424 g/mol. The number of nitrogens with one attached hydrogen (secondary N) is 2. The minimum absolute atomic E-state index is 0.0615. The number of halogens is 1. The summed E-state index contributed by atoms with van der Waals surface area (Å²) < 4.78 is 1.75. The predicted molar refractivity (Wildman–Crippen MR) is 114 cm³/mol. The number of aliphatic hydroxyl groups excluding tert-OH is 1. The Kier molecular flexibility index (Phi) is 4.67. The standard InChI is InChI=1S/C21H21ClN6O2/c1-28-17-8-11(22)2-7-14(17)18(27-28)16-10-24-20-19(26-16)15(9-23-20)21(30)25-12-3-5-13(29)6-4-12/h2,7-10,12-13,29H,3-6H2,1H3,(H,23,24)(H,25,30)/t12-,13+. The average Bonchev–Trinajstić information content (AvgIpc) is 3.30. The molecule has 154 valence electrons. The maximum atomic E-state index is 12.9. The largest absolute Gasteiger partial charge is 0.393 e. The summed E-state index contributed by atoms with van der Waals surface area (Å²) in [7, 11) is 1.85. The molecule has 30 heavy (non-hydrogen) atoms. The number of aromatic nitrogens is 5. The Morgan fingerprint density at radius 2 is 2.10 bits per heavy atom. The number of amides is 1. The molecular weight excluding hydrogens is 404 g/mol. The average molecular weight is 425 g/mol. The summed E-state index contributed by atoms with van der Waals surface area (Å²) in [4.78, 5) is 25.1. The van der Waals surface area contributed by atoms with E-state index in [-0.39, 0.29) is 18.1 Å². The van der Waals surface area contributed by atoms with Crippen molar-refractivity contribution in [2.75, 3.05) is 0 Å². The first-order valence-corrected chi connectivity index (χ1v) is 10.3. The summed E-state index contributed by atoms with van der Waals surface area (Å²) in [6, 6.07) is 5.65. The van der Waals surface area contributed by atoms with Crippen molar-refractivity contribution < 1.29 is 9.90 Å². The molecule has 3 aromatic heterocycles. The van der Waals surface area contributed by atoms with Crippen LogP contribution in [0.25, 0.3) is 33.5 Å². The van der Waals surface area contributed by atoms with Crippen LogP contribution in [0.3, 0.4) is 0 Å². The highest BCUT2D eigenvalue weighted by Crippen LogP contribution is 2.29. The lowest BCUT2D eigenvalue weighted by molar-refractivity contribution is 0.0869. The van der Waals surface area contributed by atoms with E-state index < -0.39 is 0 Å². The summed E-state index contributed by atoms with van der Waals surface area (Å²) in [6.45, 7) is 0. The van der Waals surface area contributed by atoms with Gasteiger partial charge in [-0.15, -0.1) is 0 Å². The molecule has 0 unspecified atom stereocenters. The highest BCUT2D eigenvalue weighted by molar-refractivity contribution is 6.31. The van der Waals surface area contributed by atoms with Crippen molar-refractivity contribution >= 4 is 39.6 Å². The number of aromatic amines is 1. The van der Waals surface area contributed by atoms with Crippen LogP contribution in [0, 0.1) is 0 Å². The Morgan fingerprint density at radius 3 is 2.90 bits per heavy atom. The van der Waals surface area contributed by atoms with E-state index in [2.05, 4.69) is 20.4 Å². The fraction of sp³-hybridized carbons (Fsp3) is 0.333. The Balaban J connectivity index is 1.50. The van der Waals surface area contributed by atoms with E-state index >= 15 is 0 Å². The zero-order chi connectivity index (χ0) is 20.8. The van der Waals surface area contributed by atoms with Crippen LogP contribution < -0.4 is 5.32 Å². The molecule has 1 aliphatic carbocycles. The maximum Gasteiger partial charge on any atom is 0.255 e. The zero-order valence-electron chi connectivity index (χ0n) is 16.4. The summed E-state index contributed by atoms with van der Waals surface area (Å²) in [5, 5.41) is 18.9. The summed E-state index contributed by atoms with van der Waals surface area (Å²) in [6.07, 6.45) is 5.99. The number of aliphatic hydroxyl groups is 1. The van der Waals surface area contributed by atoms with Gasteiger partial charge in [-0.2, -0.15) is 5.10 Å². The molecule has 0 radical (unpaired) electrons. The van der Waals surface area contributed by atoms with Crippen molar-refractivity contribution in [3.63, 3.8) is 0 Å². The molecule has 1 saturated carbocycles. The van der Waals surface area contributed by atoms with Crippen LogP contribution in [0.15, 0.2) is 30.6 Å². The second kappa shape index (κ2) is 7.37. The molecule has 0 saturated heterocycles. The van der Waals surface area contributed by atoms with Gasteiger partial charge in [0.15, 0.2) is 5.65 Å². The minimum atomic E-state index is -0.261. The summed E-state index contributed by atoms with van der Waals surface area (Å²) in [5.74, 6) is -0.188. The summed E-state index contributed by atoms with van der Waals surface area (Å²) >= 11 is 6.12. The van der Waals surface area contributed by atoms with Crippen LogP contribution in [0.2, 0.25) is 5.02 Å². The Labute approximate surface area is 177 Å². The zero-order valence-corrected chi connectivity index (χ0v) is 17.1. The molecule has 1 amide bonds. The van der Waals surface area contributed by atoms with Crippen LogP contribution in [0.4, 0.5) is 0 Å². The molecule has 1 fully saturated rings. The maximum absolute atomic E-state index is 12.9. The fourth-order valence-electron chi connectivity index (χ4n) is 4.08. The number of nitrogens with zero attached hydrogens (tertiary/aromatic N) is 4. The molecule has 1 aromatic carbocycles. The van der Waals surface area contributed by atoms with Gasteiger partial charge in [-0.25, -0.2) is 9.97 Å². The van der Waals surface area contributed by atoms with Crippen molar-refractivity contribution in [3.8, 4) is 11.4 Å². The molecule has 3 heterocycles. The third-order valence-electron chi connectivity index (χ3n) is 5.71. The van der Waals surface area contributed by atoms with E-state index in [1.807, 2.05) is 25.2 Å². The van der Waals surface area contributed by atoms with Gasteiger partial charge in [-0.1, -0.05) is 11.6 Å². The second-order valence-corrected chi connectivity index (χ2v) is 8.20. The number of carbonyl (C=O) groups excluding carboxylic acids is 1. The van der Waals surface area contributed by atoms with Crippen molar-refractivity contribution in [2.45, 2.75) is 37.8 Å². The van der Waals surface area contributed by atoms with E-state index in [4.69, 9.17) is 16.6 Å². The Hall–Kier alpha value is -2.97. The molecule has 0 atom stereocenters. The smallest absolute Gasteiger partial charge is 0.255 e. The topological polar surface area (TPSA) is 109 Å². The first kappa shape index (κ1) is 19.0. The van der Waals surface area contributed by atoms with Gasteiger partial charge in [0, 0.05) is 29.7 Å². The lowest BCUT2D eigenvalue weighted by Gasteiger charge is -2.26. The van der Waals surface area contributed by atoms with E-state index in [0.29, 0.717) is 46.0 Å². The minimum Gasteiger partial charge on any atom is -0.393 e. The van der Waals surface area contributed by atoms with Crippen molar-refractivity contribution in [1.82, 2.24) is 30.0 Å². The van der Waals surface area contributed by atoms with Crippen molar-refractivity contribution in [1.29, 1.82) is 0 Å². The van der Waals surface area contributed by atoms with Gasteiger partial charge in [-0.3, -0.25) is 9.48 Å². The molecule has 5 rings (SSSR count). The van der Waals surface area contributed by atoms with Crippen LogP contribution in [-0.2, 0) is 7.05 Å². The van der Waals surface area contributed by atoms with Gasteiger partial charge in [0.2, 0.25) is 0 Å². The number of hydrogen-bond donors (Lipinski definition) is 3. The number of aryl methyl sites for hydroxylation is 1. The number of rotatable bonds is 3. The third kappa shape index (κ3) is 3.32. The number of hydrogen-bond acceptors (Lipinski definition) is 5. The van der Waals surface area contributed by atoms with E-state index in [0.717, 1.165) is 23.7 Å². The molecule has 1 aliphatic rings. The number of fused-ring (bicyclic) bond motifs is 2. The number of H-pyrrole nitrogens is 1. The molecular formula is C21H21ClN6O2. The van der Waals surface area contributed by atoms with Gasteiger partial charge in [-0.05, 0) is 43.9 Å². The van der Waals surface area contributed by atoms with E-state index in [1.165, 1.54) is 0 Å². The van der Waals surface area contributed by atoms with Gasteiger partial charge >= 0.3 is 0 Å².